The lowest BCUT2D eigenvalue weighted by molar-refractivity contribution is -0.0506. The number of amides is 2. The van der Waals surface area contributed by atoms with Gasteiger partial charge in [0.1, 0.15) is 23.4 Å². The average Bonchev–Trinajstić information content (AvgIpc) is 3.10. The molecule has 1 saturated heterocycles. The molecule has 2 amide bonds. The van der Waals surface area contributed by atoms with Crippen LogP contribution in [0.4, 0.5) is 18.0 Å². The van der Waals surface area contributed by atoms with Gasteiger partial charge in [-0.25, -0.2) is 9.18 Å². The Labute approximate surface area is 153 Å². The van der Waals surface area contributed by atoms with Crippen molar-refractivity contribution in [1.29, 1.82) is 0 Å². The highest BCUT2D eigenvalue weighted by Crippen LogP contribution is 2.23. The molecule has 0 aliphatic carbocycles. The van der Waals surface area contributed by atoms with Gasteiger partial charge < -0.3 is 19.7 Å². The second-order valence-electron chi connectivity index (χ2n) is 5.91. The van der Waals surface area contributed by atoms with Gasteiger partial charge in [-0.05, 0) is 24.3 Å². The Morgan fingerprint density at radius 1 is 1.30 bits per heavy atom. The second kappa shape index (κ2) is 8.61. The maximum atomic E-state index is 13.9. The third-order valence-corrected chi connectivity index (χ3v) is 4.09. The molecule has 144 valence electrons. The summed E-state index contributed by atoms with van der Waals surface area (Å²) in [5.41, 5.74) is -0.130. The van der Waals surface area contributed by atoms with Crippen LogP contribution in [0.2, 0.25) is 0 Å². The molecule has 0 saturated carbocycles. The van der Waals surface area contributed by atoms with E-state index < -0.39 is 18.5 Å². The highest BCUT2D eigenvalue weighted by Gasteiger charge is 2.28. The van der Waals surface area contributed by atoms with Crippen molar-refractivity contribution in [2.75, 3.05) is 13.1 Å². The summed E-state index contributed by atoms with van der Waals surface area (Å²) < 4.78 is 48.9. The third-order valence-electron chi connectivity index (χ3n) is 4.09. The van der Waals surface area contributed by atoms with E-state index in [0.29, 0.717) is 25.3 Å². The van der Waals surface area contributed by atoms with Gasteiger partial charge >= 0.3 is 12.6 Å². The van der Waals surface area contributed by atoms with Crippen LogP contribution < -0.4 is 14.8 Å². The van der Waals surface area contributed by atoms with Gasteiger partial charge in [0.15, 0.2) is 0 Å². The van der Waals surface area contributed by atoms with Crippen molar-refractivity contribution in [1.82, 2.24) is 15.2 Å². The number of halogens is 3. The minimum atomic E-state index is -3.08. The molecule has 2 heterocycles. The first kappa shape index (κ1) is 18.8. The van der Waals surface area contributed by atoms with E-state index in [1.54, 1.807) is 24.5 Å². The van der Waals surface area contributed by atoms with Crippen molar-refractivity contribution < 1.29 is 27.4 Å². The number of hydrogen-bond acceptors (Lipinski definition) is 4. The Kier molecular flexibility index (Phi) is 6.00. The van der Waals surface area contributed by atoms with E-state index in [9.17, 15) is 18.0 Å². The fraction of sp³-hybridized carbons (Fsp3) is 0.333. The number of likely N-dealkylation sites (tertiary alicyclic amines) is 1. The number of nitrogens with one attached hydrogen (secondary N) is 1. The van der Waals surface area contributed by atoms with E-state index in [4.69, 9.17) is 4.74 Å². The molecule has 0 bridgehead atoms. The molecule has 6 nitrogen and oxygen atoms in total. The number of carbonyl (C=O) groups excluding carboxylic acids is 1. The first-order chi connectivity index (χ1) is 13.0. The Morgan fingerprint density at radius 2 is 2.07 bits per heavy atom. The average molecular weight is 381 g/mol. The van der Waals surface area contributed by atoms with Gasteiger partial charge in [0, 0.05) is 30.9 Å². The lowest BCUT2D eigenvalue weighted by Crippen LogP contribution is -2.39. The normalized spacial score (nSPS) is 16.4. The number of aromatic nitrogens is 1. The molecule has 0 unspecified atom stereocenters. The number of urea groups is 1. The summed E-state index contributed by atoms with van der Waals surface area (Å²) in [6.07, 6.45) is 3.71. The van der Waals surface area contributed by atoms with Crippen molar-refractivity contribution in [2.24, 2.45) is 0 Å². The van der Waals surface area contributed by atoms with Crippen molar-refractivity contribution >= 4 is 6.03 Å². The van der Waals surface area contributed by atoms with Crippen molar-refractivity contribution in [3.63, 3.8) is 0 Å². The summed E-state index contributed by atoms with van der Waals surface area (Å²) in [4.78, 5) is 17.7. The molecule has 2 aromatic rings. The highest BCUT2D eigenvalue weighted by molar-refractivity contribution is 5.74. The summed E-state index contributed by atoms with van der Waals surface area (Å²) in [7, 11) is 0. The molecule has 1 aromatic carbocycles. The van der Waals surface area contributed by atoms with Crippen molar-refractivity contribution in [3.8, 4) is 11.5 Å². The van der Waals surface area contributed by atoms with Gasteiger partial charge in [0.2, 0.25) is 0 Å². The van der Waals surface area contributed by atoms with Crippen LogP contribution in [0.5, 0.6) is 11.5 Å². The number of ether oxygens (including phenoxy) is 2. The van der Waals surface area contributed by atoms with Crippen LogP contribution in [0.3, 0.4) is 0 Å². The van der Waals surface area contributed by atoms with Crippen LogP contribution >= 0.6 is 0 Å². The fourth-order valence-electron chi connectivity index (χ4n) is 2.81. The van der Waals surface area contributed by atoms with Crippen LogP contribution in [-0.4, -0.2) is 41.7 Å². The number of benzene rings is 1. The molecule has 1 aliphatic rings. The summed E-state index contributed by atoms with van der Waals surface area (Å²) in [6, 6.07) is 6.64. The number of hydrogen-bond donors (Lipinski definition) is 1. The molecule has 1 aromatic heterocycles. The molecule has 3 rings (SSSR count). The van der Waals surface area contributed by atoms with Gasteiger partial charge in [-0.2, -0.15) is 8.78 Å². The first-order valence-electron chi connectivity index (χ1n) is 8.34. The molecule has 1 aliphatic heterocycles. The van der Waals surface area contributed by atoms with Gasteiger partial charge in [-0.15, -0.1) is 0 Å². The minimum Gasteiger partial charge on any atom is -0.488 e. The maximum Gasteiger partial charge on any atom is 0.387 e. The zero-order valence-electron chi connectivity index (χ0n) is 14.3. The van der Waals surface area contributed by atoms with E-state index in [-0.39, 0.29) is 24.0 Å². The van der Waals surface area contributed by atoms with Gasteiger partial charge in [-0.3, -0.25) is 4.98 Å². The predicted octanol–water partition coefficient (Wildman–Crippen LogP) is 3.19. The van der Waals surface area contributed by atoms with Gasteiger partial charge in [0.25, 0.3) is 0 Å². The summed E-state index contributed by atoms with van der Waals surface area (Å²) in [5.74, 6) is -0.364. The van der Waals surface area contributed by atoms with Crippen molar-refractivity contribution in [2.45, 2.75) is 25.7 Å². The van der Waals surface area contributed by atoms with Crippen LogP contribution in [0.25, 0.3) is 0 Å². The molecular weight excluding hydrogens is 363 g/mol. The van der Waals surface area contributed by atoms with Crippen LogP contribution in [-0.2, 0) is 6.54 Å². The second-order valence-corrected chi connectivity index (χ2v) is 5.91. The summed E-state index contributed by atoms with van der Waals surface area (Å²) in [5, 5.41) is 2.54. The van der Waals surface area contributed by atoms with Crippen LogP contribution in [0.15, 0.2) is 42.7 Å². The monoisotopic (exact) mass is 381 g/mol. The number of nitrogens with zero attached hydrogens (tertiary/aromatic N) is 2. The molecule has 27 heavy (non-hydrogen) atoms. The smallest absolute Gasteiger partial charge is 0.387 e. The lowest BCUT2D eigenvalue weighted by atomic mass is 10.2. The topological polar surface area (TPSA) is 63.7 Å². The zero-order chi connectivity index (χ0) is 19.2. The van der Waals surface area contributed by atoms with E-state index in [2.05, 4.69) is 15.0 Å². The highest BCUT2D eigenvalue weighted by atomic mass is 19.3. The van der Waals surface area contributed by atoms with E-state index in [0.717, 1.165) is 6.07 Å². The number of alkyl halides is 2. The Bertz CT molecular complexity index is 777. The Hall–Kier alpha value is -2.97. The molecule has 1 atom stereocenters. The number of rotatable bonds is 6. The Morgan fingerprint density at radius 3 is 2.81 bits per heavy atom. The molecule has 0 spiro atoms. The lowest BCUT2D eigenvalue weighted by Gasteiger charge is -2.19. The predicted molar refractivity (Wildman–Crippen MR) is 90.1 cm³/mol. The molecule has 9 heteroatoms. The molecule has 1 fully saturated rings. The van der Waals surface area contributed by atoms with Crippen molar-refractivity contribution in [3.05, 3.63) is 54.1 Å². The molecule has 1 N–H and O–H groups in total. The summed E-state index contributed by atoms with van der Waals surface area (Å²) >= 11 is 0. The molecule has 0 radical (unpaired) electrons. The van der Waals surface area contributed by atoms with Gasteiger partial charge in [-0.1, -0.05) is 6.07 Å². The third kappa shape index (κ3) is 5.02. The quantitative estimate of drug-likeness (QED) is 0.835. The largest absolute Gasteiger partial charge is 0.488 e. The van der Waals surface area contributed by atoms with E-state index in [1.165, 1.54) is 17.0 Å². The van der Waals surface area contributed by atoms with Crippen LogP contribution in [0.1, 0.15) is 12.0 Å². The fourth-order valence-corrected chi connectivity index (χ4v) is 2.81. The maximum absolute atomic E-state index is 13.9. The summed E-state index contributed by atoms with van der Waals surface area (Å²) in [6.45, 7) is -2.50. The Balaban J connectivity index is 1.54. The minimum absolute atomic E-state index is 0.130. The number of carbonyl (C=O) groups is 1. The molecular formula is C18H18F3N3O3. The van der Waals surface area contributed by atoms with Crippen LogP contribution in [0, 0.1) is 5.82 Å². The van der Waals surface area contributed by atoms with Gasteiger partial charge in [0.05, 0.1) is 13.1 Å². The standard InChI is InChI=1S/C18H18F3N3O3/c19-15-2-1-3-16(27-17(20)21)14(15)10-23-18(25)24-9-6-13(11-24)26-12-4-7-22-8-5-12/h1-5,7-8,13,17H,6,9-11H2,(H,23,25)/t13-/m1/s1. The van der Waals surface area contributed by atoms with E-state index in [1.807, 2.05) is 0 Å². The SMILES string of the molecule is O=C(NCc1c(F)cccc1OC(F)F)N1CC[C@@H](Oc2ccncc2)C1. The number of pyridine rings is 1. The first-order valence-corrected chi connectivity index (χ1v) is 8.34. The zero-order valence-corrected chi connectivity index (χ0v) is 14.3. The van der Waals surface area contributed by atoms with E-state index >= 15 is 0 Å².